The van der Waals surface area contributed by atoms with Crippen molar-refractivity contribution in [3.63, 3.8) is 0 Å². The highest BCUT2D eigenvalue weighted by atomic mass is 16.5. The Labute approximate surface area is 93.5 Å². The predicted molar refractivity (Wildman–Crippen MR) is 58.9 cm³/mol. The van der Waals surface area contributed by atoms with E-state index in [9.17, 15) is 9.90 Å². The number of hydrogen-bond donors (Lipinski definition) is 2. The number of carbonyl (C=O) groups excluding carboxylic acids is 1. The lowest BCUT2D eigenvalue weighted by atomic mass is 10.0. The molecule has 1 heterocycles. The molecule has 0 spiro atoms. The molecule has 1 aromatic carbocycles. The van der Waals surface area contributed by atoms with Crippen molar-refractivity contribution in [3.8, 4) is 5.75 Å². The Hall–Kier alpha value is -1.81. The second-order valence-electron chi connectivity index (χ2n) is 3.77. The lowest BCUT2D eigenvalue weighted by molar-refractivity contribution is -0.119. The smallest absolute Gasteiger partial charge is 0.246 e. The van der Waals surface area contributed by atoms with Gasteiger partial charge in [-0.05, 0) is 23.8 Å². The summed E-state index contributed by atoms with van der Waals surface area (Å²) in [6, 6.07) is 7.35. The van der Waals surface area contributed by atoms with E-state index in [1.807, 2.05) is 24.3 Å². The Balaban J connectivity index is 2.09. The van der Waals surface area contributed by atoms with Gasteiger partial charge in [0.05, 0.1) is 7.11 Å². The summed E-state index contributed by atoms with van der Waals surface area (Å²) in [5.41, 5.74) is -0.332. The van der Waals surface area contributed by atoms with Crippen LogP contribution in [0.2, 0.25) is 0 Å². The Morgan fingerprint density at radius 3 is 2.56 bits per heavy atom. The van der Waals surface area contributed by atoms with E-state index >= 15 is 0 Å². The summed E-state index contributed by atoms with van der Waals surface area (Å²) in [6.07, 6.45) is 3.16. The highest BCUT2D eigenvalue weighted by molar-refractivity contribution is 5.91. The first-order valence-electron chi connectivity index (χ1n) is 4.98. The van der Waals surface area contributed by atoms with Gasteiger partial charge in [-0.15, -0.1) is 0 Å². The van der Waals surface area contributed by atoms with Gasteiger partial charge < -0.3 is 15.2 Å². The van der Waals surface area contributed by atoms with Crippen LogP contribution in [-0.4, -0.2) is 23.8 Å². The van der Waals surface area contributed by atoms with Crippen LogP contribution in [0.4, 0.5) is 0 Å². The van der Waals surface area contributed by atoms with Crippen LogP contribution in [0, 0.1) is 0 Å². The highest BCUT2D eigenvalue weighted by Crippen LogP contribution is 2.18. The number of aliphatic hydroxyl groups is 1. The van der Waals surface area contributed by atoms with E-state index in [1.165, 1.54) is 12.2 Å². The monoisotopic (exact) mass is 219 g/mol. The fourth-order valence-electron chi connectivity index (χ4n) is 1.67. The van der Waals surface area contributed by atoms with Crippen LogP contribution in [0.25, 0.3) is 0 Å². The van der Waals surface area contributed by atoms with Crippen LogP contribution in [0.3, 0.4) is 0 Å². The lowest BCUT2D eigenvalue weighted by Gasteiger charge is -2.21. The van der Waals surface area contributed by atoms with E-state index in [2.05, 4.69) is 5.32 Å². The van der Waals surface area contributed by atoms with Crippen molar-refractivity contribution in [1.29, 1.82) is 0 Å². The zero-order chi connectivity index (χ0) is 11.6. The van der Waals surface area contributed by atoms with E-state index in [1.54, 1.807) is 7.11 Å². The molecule has 0 aliphatic carbocycles. The molecular weight excluding hydrogens is 206 g/mol. The van der Waals surface area contributed by atoms with Gasteiger partial charge in [0.25, 0.3) is 0 Å². The second-order valence-corrected chi connectivity index (χ2v) is 3.77. The molecule has 1 aliphatic heterocycles. The van der Waals surface area contributed by atoms with Crippen molar-refractivity contribution >= 4 is 5.91 Å². The van der Waals surface area contributed by atoms with Crippen molar-refractivity contribution in [2.45, 2.75) is 12.1 Å². The molecule has 2 N–H and O–H groups in total. The molecule has 0 fully saturated rings. The van der Waals surface area contributed by atoms with Gasteiger partial charge in [0.15, 0.2) is 5.72 Å². The SMILES string of the molecule is COc1ccc(CC2(O)C=CC(=O)N2)cc1. The summed E-state index contributed by atoms with van der Waals surface area (Å²) in [6.45, 7) is 0. The molecule has 1 atom stereocenters. The minimum atomic E-state index is -1.26. The third-order valence-corrected chi connectivity index (χ3v) is 2.48. The molecule has 4 nitrogen and oxygen atoms in total. The molecule has 2 rings (SSSR count). The Kier molecular flexibility index (Phi) is 2.66. The normalized spacial score (nSPS) is 23.2. The van der Waals surface area contributed by atoms with Crippen molar-refractivity contribution in [2.24, 2.45) is 0 Å². The Morgan fingerprint density at radius 2 is 2.06 bits per heavy atom. The number of rotatable bonds is 3. The number of nitrogens with one attached hydrogen (secondary N) is 1. The molecule has 1 amide bonds. The van der Waals surface area contributed by atoms with Crippen LogP contribution < -0.4 is 10.1 Å². The molecule has 1 unspecified atom stereocenters. The summed E-state index contributed by atoms with van der Waals surface area (Å²) in [7, 11) is 1.60. The fourth-order valence-corrected chi connectivity index (χ4v) is 1.67. The van der Waals surface area contributed by atoms with Crippen LogP contribution in [-0.2, 0) is 11.2 Å². The number of amides is 1. The molecule has 0 saturated carbocycles. The van der Waals surface area contributed by atoms with Gasteiger partial charge in [-0.3, -0.25) is 4.79 Å². The molecular formula is C12H13NO3. The van der Waals surface area contributed by atoms with Gasteiger partial charge >= 0.3 is 0 Å². The molecule has 0 aromatic heterocycles. The second kappa shape index (κ2) is 3.98. The summed E-state index contributed by atoms with van der Waals surface area (Å²) >= 11 is 0. The van der Waals surface area contributed by atoms with E-state index in [0.717, 1.165) is 11.3 Å². The molecule has 0 bridgehead atoms. The van der Waals surface area contributed by atoms with Crippen LogP contribution in [0.1, 0.15) is 5.56 Å². The maximum absolute atomic E-state index is 11.0. The van der Waals surface area contributed by atoms with Crippen molar-refractivity contribution in [1.82, 2.24) is 5.32 Å². The van der Waals surface area contributed by atoms with E-state index in [0.29, 0.717) is 6.42 Å². The van der Waals surface area contributed by atoms with Gasteiger partial charge in [0.2, 0.25) is 5.91 Å². The predicted octanol–water partition coefficient (Wildman–Crippen LogP) is 0.612. The van der Waals surface area contributed by atoms with Crippen LogP contribution in [0.15, 0.2) is 36.4 Å². The maximum Gasteiger partial charge on any atom is 0.246 e. The number of hydrogen-bond acceptors (Lipinski definition) is 3. The molecule has 4 heteroatoms. The van der Waals surface area contributed by atoms with Crippen LogP contribution >= 0.6 is 0 Å². The van der Waals surface area contributed by atoms with Gasteiger partial charge in [0, 0.05) is 12.5 Å². The minimum Gasteiger partial charge on any atom is -0.497 e. The number of methoxy groups -OCH3 is 1. The molecule has 16 heavy (non-hydrogen) atoms. The van der Waals surface area contributed by atoms with Crippen LogP contribution in [0.5, 0.6) is 5.75 Å². The molecule has 0 saturated heterocycles. The minimum absolute atomic E-state index is 0.268. The summed E-state index contributed by atoms with van der Waals surface area (Å²) in [5, 5.41) is 12.5. The van der Waals surface area contributed by atoms with Gasteiger partial charge in [-0.25, -0.2) is 0 Å². The topological polar surface area (TPSA) is 58.6 Å². The first kappa shape index (κ1) is 10.7. The van der Waals surface area contributed by atoms with Crippen molar-refractivity contribution in [2.75, 3.05) is 7.11 Å². The largest absolute Gasteiger partial charge is 0.497 e. The third kappa shape index (κ3) is 2.23. The molecule has 1 aliphatic rings. The number of carbonyl (C=O) groups is 1. The summed E-state index contributed by atoms with van der Waals surface area (Å²) < 4.78 is 5.04. The number of benzene rings is 1. The zero-order valence-corrected chi connectivity index (χ0v) is 8.93. The van der Waals surface area contributed by atoms with Gasteiger partial charge in [0.1, 0.15) is 5.75 Å². The van der Waals surface area contributed by atoms with E-state index in [-0.39, 0.29) is 5.91 Å². The Bertz CT molecular complexity index is 424. The average molecular weight is 219 g/mol. The summed E-state index contributed by atoms with van der Waals surface area (Å²) in [5.74, 6) is 0.498. The van der Waals surface area contributed by atoms with Crippen molar-refractivity contribution in [3.05, 3.63) is 42.0 Å². The zero-order valence-electron chi connectivity index (χ0n) is 8.93. The van der Waals surface area contributed by atoms with E-state index in [4.69, 9.17) is 4.74 Å². The third-order valence-electron chi connectivity index (χ3n) is 2.48. The lowest BCUT2D eigenvalue weighted by Crippen LogP contribution is -2.43. The molecule has 0 radical (unpaired) electrons. The Morgan fingerprint density at radius 1 is 1.38 bits per heavy atom. The first-order valence-corrected chi connectivity index (χ1v) is 4.98. The number of ether oxygens (including phenoxy) is 1. The first-order chi connectivity index (χ1) is 7.61. The standard InChI is InChI=1S/C12H13NO3/c1-16-10-4-2-9(3-5-10)8-12(15)7-6-11(14)13-12/h2-7,15H,8H2,1H3,(H,13,14). The highest BCUT2D eigenvalue weighted by Gasteiger charge is 2.30. The van der Waals surface area contributed by atoms with Crippen molar-refractivity contribution < 1.29 is 14.6 Å². The average Bonchev–Trinajstić information content (AvgIpc) is 2.59. The van der Waals surface area contributed by atoms with Gasteiger partial charge in [-0.1, -0.05) is 12.1 Å². The summed E-state index contributed by atoms with van der Waals surface area (Å²) in [4.78, 5) is 11.0. The molecule has 84 valence electrons. The van der Waals surface area contributed by atoms with E-state index < -0.39 is 5.72 Å². The maximum atomic E-state index is 11.0. The quantitative estimate of drug-likeness (QED) is 0.783. The van der Waals surface area contributed by atoms with Gasteiger partial charge in [-0.2, -0.15) is 0 Å². The fraction of sp³-hybridized carbons (Fsp3) is 0.250. The molecule has 1 aromatic rings.